The van der Waals surface area contributed by atoms with Crippen LogP contribution in [0.15, 0.2) is 148 Å². The summed E-state index contributed by atoms with van der Waals surface area (Å²) in [6, 6.07) is 48.5. The summed E-state index contributed by atoms with van der Waals surface area (Å²) in [6.45, 7) is 0. The third kappa shape index (κ3) is 3.43. The Hall–Kier alpha value is -6.46. The van der Waals surface area contributed by atoms with E-state index in [0.29, 0.717) is 11.5 Å². The van der Waals surface area contributed by atoms with Crippen LogP contribution in [-0.2, 0) is 0 Å². The zero-order valence-corrected chi connectivity index (χ0v) is 24.9. The molecule has 4 aromatic heterocycles. The van der Waals surface area contributed by atoms with E-state index < -0.39 is 0 Å². The first-order valence-electron chi connectivity index (χ1n) is 15.7. The molecule has 0 aliphatic rings. The Balaban J connectivity index is 1.26. The summed E-state index contributed by atoms with van der Waals surface area (Å²) in [5.74, 6) is 0.604. The number of aromatic nitrogens is 3. The minimum atomic E-state index is 0.604. The van der Waals surface area contributed by atoms with Crippen LogP contribution in [0.25, 0.3) is 105 Å². The van der Waals surface area contributed by atoms with Crippen molar-refractivity contribution in [3.8, 4) is 17.2 Å². The Labute approximate surface area is 266 Å². The molecule has 0 atom stereocenters. The van der Waals surface area contributed by atoms with Crippen LogP contribution in [0, 0.1) is 0 Å². The van der Waals surface area contributed by atoms with Crippen LogP contribution in [0.1, 0.15) is 0 Å². The van der Waals surface area contributed by atoms with Crippen molar-refractivity contribution in [1.82, 2.24) is 14.5 Å². The topological polar surface area (TPSA) is 57.0 Å². The highest BCUT2D eigenvalue weighted by atomic mass is 16.3. The quantitative estimate of drug-likeness (QED) is 0.198. The van der Waals surface area contributed by atoms with Crippen LogP contribution in [0.5, 0.6) is 0 Å². The van der Waals surface area contributed by atoms with Gasteiger partial charge in [-0.2, -0.15) is 0 Å². The van der Waals surface area contributed by atoms with E-state index in [9.17, 15) is 0 Å². The predicted molar refractivity (Wildman–Crippen MR) is 191 cm³/mol. The van der Waals surface area contributed by atoms with Crippen LogP contribution in [0.4, 0.5) is 0 Å². The van der Waals surface area contributed by atoms with Gasteiger partial charge in [-0.25, -0.2) is 9.97 Å². The molecule has 0 amide bonds. The maximum atomic E-state index is 6.48. The van der Waals surface area contributed by atoms with Crippen molar-refractivity contribution in [2.24, 2.45) is 0 Å². The standard InChI is InChI=1S/C42H23N3O2/c1-2-10-25-21-27(18-17-24(25)9-1)39-41-40(30-13-5-8-16-36(30)47-41)44-42(43-39)45-33-14-6-3-11-28(33)32-23-31-26(22-34(32)45)19-20-37-38(31)29-12-4-7-15-35(29)46-37/h1-23H. The molecule has 5 nitrogen and oxygen atoms in total. The Morgan fingerprint density at radius 3 is 2.06 bits per heavy atom. The first kappa shape index (κ1) is 24.8. The normalized spacial score (nSPS) is 12.3. The second-order valence-corrected chi connectivity index (χ2v) is 12.2. The molecule has 5 heteroatoms. The van der Waals surface area contributed by atoms with Gasteiger partial charge in [-0.05, 0) is 70.1 Å². The van der Waals surface area contributed by atoms with E-state index in [0.717, 1.165) is 87.6 Å². The molecule has 7 aromatic carbocycles. The van der Waals surface area contributed by atoms with Crippen molar-refractivity contribution in [2.45, 2.75) is 0 Å². The van der Waals surface area contributed by atoms with Crippen molar-refractivity contribution >= 4 is 87.4 Å². The number of furan rings is 2. The van der Waals surface area contributed by atoms with Gasteiger partial charge in [0.05, 0.1) is 11.0 Å². The third-order valence-corrected chi connectivity index (χ3v) is 9.58. The fourth-order valence-corrected chi connectivity index (χ4v) is 7.44. The second-order valence-electron chi connectivity index (χ2n) is 12.2. The molecule has 0 fully saturated rings. The van der Waals surface area contributed by atoms with E-state index in [1.165, 1.54) is 5.39 Å². The van der Waals surface area contributed by atoms with E-state index in [1.54, 1.807) is 0 Å². The molecule has 0 N–H and O–H groups in total. The minimum Gasteiger partial charge on any atom is -0.456 e. The molecule has 0 aliphatic carbocycles. The van der Waals surface area contributed by atoms with E-state index in [2.05, 4.69) is 114 Å². The summed E-state index contributed by atoms with van der Waals surface area (Å²) in [5.41, 5.74) is 7.90. The van der Waals surface area contributed by atoms with Crippen LogP contribution in [0.3, 0.4) is 0 Å². The average Bonchev–Trinajstić information content (AvgIpc) is 3.79. The fraction of sp³-hybridized carbons (Fsp3) is 0. The van der Waals surface area contributed by atoms with Gasteiger partial charge < -0.3 is 8.83 Å². The zero-order valence-electron chi connectivity index (χ0n) is 24.9. The lowest BCUT2D eigenvalue weighted by Crippen LogP contribution is -2.03. The van der Waals surface area contributed by atoms with Gasteiger partial charge >= 0.3 is 0 Å². The molecular weight excluding hydrogens is 578 g/mol. The number of hydrogen-bond donors (Lipinski definition) is 0. The number of nitrogens with zero attached hydrogens (tertiary/aromatic N) is 3. The highest BCUT2D eigenvalue weighted by Gasteiger charge is 2.22. The monoisotopic (exact) mass is 601 g/mol. The molecule has 0 unspecified atom stereocenters. The maximum absolute atomic E-state index is 6.48. The van der Waals surface area contributed by atoms with Gasteiger partial charge in [0, 0.05) is 32.5 Å². The summed E-state index contributed by atoms with van der Waals surface area (Å²) < 4.78 is 14.9. The van der Waals surface area contributed by atoms with E-state index in [1.807, 2.05) is 30.3 Å². The van der Waals surface area contributed by atoms with Gasteiger partial charge in [-0.15, -0.1) is 0 Å². The Kier molecular flexibility index (Phi) is 4.78. The van der Waals surface area contributed by atoms with Gasteiger partial charge in [-0.3, -0.25) is 4.57 Å². The lowest BCUT2D eigenvalue weighted by molar-refractivity contribution is 0.666. The lowest BCUT2D eigenvalue weighted by Gasteiger charge is -2.10. The summed E-state index contributed by atoms with van der Waals surface area (Å²) >= 11 is 0. The van der Waals surface area contributed by atoms with E-state index >= 15 is 0 Å². The van der Waals surface area contributed by atoms with Crippen LogP contribution < -0.4 is 0 Å². The first-order valence-corrected chi connectivity index (χ1v) is 15.7. The van der Waals surface area contributed by atoms with Gasteiger partial charge in [0.2, 0.25) is 5.95 Å². The van der Waals surface area contributed by atoms with Crippen molar-refractivity contribution < 1.29 is 8.83 Å². The molecule has 4 heterocycles. The molecular formula is C42H23N3O2. The van der Waals surface area contributed by atoms with E-state index in [-0.39, 0.29) is 0 Å². The van der Waals surface area contributed by atoms with Gasteiger partial charge in [-0.1, -0.05) is 91.0 Å². The molecule has 11 aromatic rings. The van der Waals surface area contributed by atoms with Crippen molar-refractivity contribution in [1.29, 1.82) is 0 Å². The summed E-state index contributed by atoms with van der Waals surface area (Å²) in [7, 11) is 0. The van der Waals surface area contributed by atoms with Gasteiger partial charge in [0.15, 0.2) is 5.58 Å². The molecule has 0 aliphatic heterocycles. The number of hydrogen-bond acceptors (Lipinski definition) is 4. The molecule has 0 saturated carbocycles. The summed E-state index contributed by atoms with van der Waals surface area (Å²) in [6.07, 6.45) is 0. The molecule has 218 valence electrons. The van der Waals surface area contributed by atoms with Crippen LogP contribution in [0.2, 0.25) is 0 Å². The van der Waals surface area contributed by atoms with E-state index in [4.69, 9.17) is 18.8 Å². The summed E-state index contributed by atoms with van der Waals surface area (Å²) in [4.78, 5) is 10.6. The average molecular weight is 602 g/mol. The maximum Gasteiger partial charge on any atom is 0.236 e. The Morgan fingerprint density at radius 2 is 1.17 bits per heavy atom. The van der Waals surface area contributed by atoms with Gasteiger partial charge in [0.1, 0.15) is 28.0 Å². The Bertz CT molecular complexity index is 3090. The molecule has 0 bridgehead atoms. The first-order chi connectivity index (χ1) is 23.3. The highest BCUT2D eigenvalue weighted by molar-refractivity contribution is 6.23. The number of rotatable bonds is 2. The van der Waals surface area contributed by atoms with Crippen LogP contribution in [-0.4, -0.2) is 14.5 Å². The third-order valence-electron chi connectivity index (χ3n) is 9.58. The van der Waals surface area contributed by atoms with Gasteiger partial charge in [0.25, 0.3) is 0 Å². The zero-order chi connectivity index (χ0) is 30.6. The SMILES string of the molecule is c1ccc2cc(-c3nc(-n4c5ccccc5c5cc6c(ccc7oc8ccccc8c76)cc54)nc4c3oc3ccccc34)ccc2c1. The number of para-hydroxylation sites is 3. The smallest absolute Gasteiger partial charge is 0.236 e. The predicted octanol–water partition coefficient (Wildman–Crippen LogP) is 11.3. The molecule has 11 rings (SSSR count). The molecule has 0 saturated heterocycles. The minimum absolute atomic E-state index is 0.604. The van der Waals surface area contributed by atoms with Crippen LogP contribution >= 0.6 is 0 Å². The largest absolute Gasteiger partial charge is 0.456 e. The van der Waals surface area contributed by atoms with Crippen molar-refractivity contribution in [2.75, 3.05) is 0 Å². The molecule has 0 spiro atoms. The van der Waals surface area contributed by atoms with Crippen molar-refractivity contribution in [3.05, 3.63) is 140 Å². The van der Waals surface area contributed by atoms with Crippen molar-refractivity contribution in [3.63, 3.8) is 0 Å². The number of fused-ring (bicyclic) bond motifs is 12. The summed E-state index contributed by atoms with van der Waals surface area (Å²) in [5, 5.41) is 10.1. The fourth-order valence-electron chi connectivity index (χ4n) is 7.44. The second kappa shape index (κ2) is 9.05. The number of benzene rings is 7. The highest BCUT2D eigenvalue weighted by Crippen LogP contribution is 2.41. The molecule has 47 heavy (non-hydrogen) atoms. The Morgan fingerprint density at radius 1 is 0.447 bits per heavy atom. The molecule has 0 radical (unpaired) electrons. The lowest BCUT2D eigenvalue weighted by atomic mass is 10.0.